The molecule has 0 fully saturated rings. The Bertz CT molecular complexity index is 895. The summed E-state index contributed by atoms with van der Waals surface area (Å²) in [6.07, 6.45) is 6.16. The van der Waals surface area contributed by atoms with E-state index < -0.39 is 10.0 Å². The van der Waals surface area contributed by atoms with Crippen LogP contribution in [-0.4, -0.2) is 21.2 Å². The number of fused-ring (bicyclic) bond motifs is 1. The molecule has 4 nitrogen and oxygen atoms in total. The van der Waals surface area contributed by atoms with Crippen molar-refractivity contribution in [1.29, 1.82) is 0 Å². The van der Waals surface area contributed by atoms with Gasteiger partial charge in [0.05, 0.1) is 22.0 Å². The minimum absolute atomic E-state index is 0.139. The van der Waals surface area contributed by atoms with Crippen LogP contribution in [0.5, 0.6) is 0 Å². The first-order valence-electron chi connectivity index (χ1n) is 8.29. The number of anilines is 1. The van der Waals surface area contributed by atoms with Gasteiger partial charge in [0.1, 0.15) is 0 Å². The molecular formula is C19H21NO3S2. The number of aryl methyl sites for hydroxylation is 2. The van der Waals surface area contributed by atoms with E-state index in [1.54, 1.807) is 30.3 Å². The summed E-state index contributed by atoms with van der Waals surface area (Å²) in [6.45, 7) is 5.76. The molecule has 0 spiro atoms. The van der Waals surface area contributed by atoms with Gasteiger partial charge in [-0.05, 0) is 50.3 Å². The van der Waals surface area contributed by atoms with Crippen molar-refractivity contribution in [2.24, 2.45) is 0 Å². The summed E-state index contributed by atoms with van der Waals surface area (Å²) >= 11 is 1.42. The normalized spacial score (nSPS) is 14.0. The van der Waals surface area contributed by atoms with E-state index in [1.165, 1.54) is 15.6 Å². The molecule has 0 radical (unpaired) electrons. The van der Waals surface area contributed by atoms with E-state index >= 15 is 0 Å². The lowest BCUT2D eigenvalue weighted by Crippen LogP contribution is -2.32. The summed E-state index contributed by atoms with van der Waals surface area (Å²) < 4.78 is 27.8. The molecule has 132 valence electrons. The van der Waals surface area contributed by atoms with Crippen LogP contribution >= 0.6 is 11.3 Å². The predicted octanol–water partition coefficient (Wildman–Crippen LogP) is 4.13. The molecule has 1 heterocycles. The van der Waals surface area contributed by atoms with Crippen LogP contribution in [0.2, 0.25) is 0 Å². The zero-order chi connectivity index (χ0) is 18.0. The molecule has 25 heavy (non-hydrogen) atoms. The van der Waals surface area contributed by atoms with Gasteiger partial charge in [-0.1, -0.05) is 23.8 Å². The minimum atomic E-state index is -3.76. The van der Waals surface area contributed by atoms with Crippen LogP contribution in [0, 0.1) is 6.92 Å². The van der Waals surface area contributed by atoms with Crippen LogP contribution < -0.4 is 4.31 Å². The zero-order valence-corrected chi connectivity index (χ0v) is 15.8. The summed E-state index contributed by atoms with van der Waals surface area (Å²) in [7, 11) is -3.76. The van der Waals surface area contributed by atoms with Crippen molar-refractivity contribution < 1.29 is 13.2 Å². The first-order chi connectivity index (χ1) is 12.0. The van der Waals surface area contributed by atoms with Crippen LogP contribution in [0.15, 0.2) is 41.8 Å². The number of hydrogen-bond acceptors (Lipinski definition) is 4. The van der Waals surface area contributed by atoms with Gasteiger partial charge < -0.3 is 0 Å². The second-order valence-corrected chi connectivity index (χ2v) is 9.18. The number of rotatable bonds is 6. The van der Waals surface area contributed by atoms with Crippen LogP contribution in [0.25, 0.3) is 0 Å². The third kappa shape index (κ3) is 3.28. The van der Waals surface area contributed by atoms with Gasteiger partial charge in [-0.2, -0.15) is 0 Å². The number of hydrogen-bond donors (Lipinski definition) is 0. The summed E-state index contributed by atoms with van der Waals surface area (Å²) in [5.41, 5.74) is 2.56. The molecule has 0 aliphatic heterocycles. The molecule has 1 aliphatic carbocycles. The summed E-state index contributed by atoms with van der Waals surface area (Å²) in [5.74, 6) is 0. The zero-order valence-electron chi connectivity index (χ0n) is 14.2. The minimum Gasteiger partial charge on any atom is -0.297 e. The fourth-order valence-corrected chi connectivity index (χ4v) is 5.94. The summed E-state index contributed by atoms with van der Waals surface area (Å²) in [5, 5.41) is 0. The Hall–Kier alpha value is -1.92. The SMILES string of the molecule is C=CCN(c1c(C=O)sc2c1CCCC2)S(=O)(=O)c1ccc(C)cc1. The molecule has 0 N–H and O–H groups in total. The van der Waals surface area contributed by atoms with E-state index in [4.69, 9.17) is 0 Å². The highest BCUT2D eigenvalue weighted by Crippen LogP contribution is 2.41. The van der Waals surface area contributed by atoms with E-state index in [0.717, 1.165) is 48.0 Å². The molecular weight excluding hydrogens is 354 g/mol. The highest BCUT2D eigenvalue weighted by molar-refractivity contribution is 7.92. The number of thiophene rings is 1. The van der Waals surface area contributed by atoms with E-state index in [9.17, 15) is 13.2 Å². The van der Waals surface area contributed by atoms with E-state index in [2.05, 4.69) is 6.58 Å². The first-order valence-corrected chi connectivity index (χ1v) is 10.5. The molecule has 0 atom stereocenters. The van der Waals surface area contributed by atoms with Crippen molar-refractivity contribution >= 4 is 33.3 Å². The van der Waals surface area contributed by atoms with Crippen LogP contribution in [-0.2, 0) is 22.9 Å². The van der Waals surface area contributed by atoms with E-state index in [-0.39, 0.29) is 11.4 Å². The lowest BCUT2D eigenvalue weighted by Gasteiger charge is -2.25. The topological polar surface area (TPSA) is 54.5 Å². The maximum Gasteiger partial charge on any atom is 0.264 e. The van der Waals surface area contributed by atoms with E-state index in [1.807, 2.05) is 6.92 Å². The maximum absolute atomic E-state index is 13.3. The molecule has 1 aromatic heterocycles. The smallest absolute Gasteiger partial charge is 0.264 e. The van der Waals surface area contributed by atoms with Gasteiger partial charge in [0.25, 0.3) is 10.0 Å². The van der Waals surface area contributed by atoms with Gasteiger partial charge in [0.15, 0.2) is 6.29 Å². The Labute approximate surface area is 152 Å². The van der Waals surface area contributed by atoms with Gasteiger partial charge >= 0.3 is 0 Å². The summed E-state index contributed by atoms with van der Waals surface area (Å²) in [4.78, 5) is 13.5. The fraction of sp³-hybridized carbons (Fsp3) is 0.316. The molecule has 0 unspecified atom stereocenters. The maximum atomic E-state index is 13.3. The van der Waals surface area contributed by atoms with Crippen molar-refractivity contribution in [3.63, 3.8) is 0 Å². The number of sulfonamides is 1. The molecule has 3 rings (SSSR count). The summed E-state index contributed by atoms with van der Waals surface area (Å²) in [6, 6.07) is 6.78. The van der Waals surface area contributed by atoms with Gasteiger partial charge in [-0.15, -0.1) is 17.9 Å². The van der Waals surface area contributed by atoms with Crippen molar-refractivity contribution in [1.82, 2.24) is 0 Å². The van der Waals surface area contributed by atoms with Gasteiger partial charge in [0.2, 0.25) is 0 Å². The monoisotopic (exact) mass is 375 g/mol. The van der Waals surface area contributed by atoms with E-state index in [0.29, 0.717) is 10.6 Å². The molecule has 6 heteroatoms. The van der Waals surface area contributed by atoms with Crippen molar-refractivity contribution in [2.45, 2.75) is 37.5 Å². The fourth-order valence-electron chi connectivity index (χ4n) is 3.19. The second-order valence-electron chi connectivity index (χ2n) is 6.18. The largest absolute Gasteiger partial charge is 0.297 e. The quantitative estimate of drug-likeness (QED) is 0.563. The second kappa shape index (κ2) is 7.14. The Balaban J connectivity index is 2.16. The lowest BCUT2D eigenvalue weighted by atomic mass is 9.97. The number of carbonyl (C=O) groups is 1. The Morgan fingerprint density at radius 1 is 1.20 bits per heavy atom. The molecule has 0 saturated heterocycles. The lowest BCUT2D eigenvalue weighted by molar-refractivity contribution is 0.112. The highest BCUT2D eigenvalue weighted by atomic mass is 32.2. The number of carbonyl (C=O) groups excluding carboxylic acids is 1. The van der Waals surface area contributed by atoms with Crippen molar-refractivity contribution in [2.75, 3.05) is 10.8 Å². The predicted molar refractivity (Wildman–Crippen MR) is 102 cm³/mol. The highest BCUT2D eigenvalue weighted by Gasteiger charge is 2.31. The average molecular weight is 376 g/mol. The molecule has 1 aliphatic rings. The molecule has 0 amide bonds. The van der Waals surface area contributed by atoms with Crippen LogP contribution in [0.3, 0.4) is 0 Å². The van der Waals surface area contributed by atoms with Crippen molar-refractivity contribution in [3.8, 4) is 0 Å². The first kappa shape index (κ1) is 17.9. The van der Waals surface area contributed by atoms with Gasteiger partial charge in [-0.3, -0.25) is 9.10 Å². The number of nitrogens with zero attached hydrogens (tertiary/aromatic N) is 1. The average Bonchev–Trinajstić information content (AvgIpc) is 2.98. The number of benzene rings is 1. The van der Waals surface area contributed by atoms with Crippen LogP contribution in [0.1, 0.15) is 38.5 Å². The third-order valence-electron chi connectivity index (χ3n) is 4.43. The van der Waals surface area contributed by atoms with Gasteiger partial charge in [0, 0.05) is 4.88 Å². The Kier molecular flexibility index (Phi) is 5.11. The Morgan fingerprint density at radius 2 is 1.88 bits per heavy atom. The molecule has 0 bridgehead atoms. The number of aldehydes is 1. The molecule has 2 aromatic rings. The molecule has 1 aromatic carbocycles. The van der Waals surface area contributed by atoms with Gasteiger partial charge in [-0.25, -0.2) is 8.42 Å². The third-order valence-corrected chi connectivity index (χ3v) is 7.42. The van der Waals surface area contributed by atoms with Crippen molar-refractivity contribution in [3.05, 3.63) is 57.8 Å². The molecule has 0 saturated carbocycles. The van der Waals surface area contributed by atoms with Crippen LogP contribution in [0.4, 0.5) is 5.69 Å². The Morgan fingerprint density at radius 3 is 2.52 bits per heavy atom. The standard InChI is InChI=1S/C19H21NO3S2/c1-3-12-20(25(22,23)15-10-8-14(2)9-11-15)19-16-6-4-5-7-17(16)24-18(19)13-21/h3,8-11,13H,1,4-7,12H2,2H3.